The Morgan fingerprint density at radius 3 is 2.83 bits per heavy atom. The maximum absolute atomic E-state index is 12.0. The Bertz CT molecular complexity index is 624. The molecule has 2 heterocycles. The molecule has 6 heteroatoms. The molecule has 2 amide bonds. The number of carbonyl (C=O) groups is 2. The molecule has 1 unspecified atom stereocenters. The van der Waals surface area contributed by atoms with E-state index < -0.39 is 0 Å². The summed E-state index contributed by atoms with van der Waals surface area (Å²) in [5, 5.41) is 5.97. The summed E-state index contributed by atoms with van der Waals surface area (Å²) in [6.45, 7) is 4.14. The van der Waals surface area contributed by atoms with Crippen LogP contribution in [0.2, 0.25) is 0 Å². The number of anilines is 1. The fourth-order valence-corrected chi connectivity index (χ4v) is 2.84. The fraction of sp³-hybridized carbons (Fsp3) is 0.412. The largest absolute Gasteiger partial charge is 0.442 e. The van der Waals surface area contributed by atoms with Crippen molar-refractivity contribution in [2.24, 2.45) is 0 Å². The van der Waals surface area contributed by atoms with Gasteiger partial charge in [0, 0.05) is 19.2 Å². The van der Waals surface area contributed by atoms with Gasteiger partial charge in [-0.25, -0.2) is 4.79 Å². The van der Waals surface area contributed by atoms with E-state index in [9.17, 15) is 9.59 Å². The molecule has 0 saturated carbocycles. The summed E-state index contributed by atoms with van der Waals surface area (Å²) in [5.74, 6) is -0.126. The predicted molar refractivity (Wildman–Crippen MR) is 88.2 cm³/mol. The molecule has 2 N–H and O–H groups in total. The van der Waals surface area contributed by atoms with Gasteiger partial charge in [0.05, 0.1) is 13.1 Å². The van der Waals surface area contributed by atoms with Gasteiger partial charge >= 0.3 is 6.09 Å². The first-order chi connectivity index (χ1) is 11.1. The van der Waals surface area contributed by atoms with E-state index in [1.54, 1.807) is 4.90 Å². The average Bonchev–Trinajstić information content (AvgIpc) is 2.95. The molecular weight excluding hydrogens is 294 g/mol. The first-order valence-electron chi connectivity index (χ1n) is 7.86. The standard InChI is InChI=1S/C17H21N3O3/c1-12(21)19-10-16-11-20(17(22)23-16)15-4-2-13(3-5-15)14-6-8-18-9-7-14/h2-6,16,18H,7-11H2,1H3,(H,19,21). The van der Waals surface area contributed by atoms with Crippen LogP contribution in [-0.4, -0.2) is 44.3 Å². The van der Waals surface area contributed by atoms with Gasteiger partial charge in [0.15, 0.2) is 0 Å². The minimum absolute atomic E-state index is 0.126. The SMILES string of the molecule is CC(=O)NCC1CN(c2ccc(C3=CCNCC3)cc2)C(=O)O1. The fourth-order valence-electron chi connectivity index (χ4n) is 2.84. The number of amides is 2. The summed E-state index contributed by atoms with van der Waals surface area (Å²) in [5.41, 5.74) is 3.35. The van der Waals surface area contributed by atoms with Gasteiger partial charge in [-0.05, 0) is 36.2 Å². The predicted octanol–water partition coefficient (Wildman–Crippen LogP) is 1.52. The number of nitrogens with one attached hydrogen (secondary N) is 2. The van der Waals surface area contributed by atoms with Crippen LogP contribution in [0.25, 0.3) is 5.57 Å². The number of carbonyl (C=O) groups excluding carboxylic acids is 2. The van der Waals surface area contributed by atoms with Crippen LogP contribution in [0.3, 0.4) is 0 Å². The first-order valence-corrected chi connectivity index (χ1v) is 7.86. The van der Waals surface area contributed by atoms with Gasteiger partial charge in [-0.2, -0.15) is 0 Å². The molecule has 6 nitrogen and oxygen atoms in total. The highest BCUT2D eigenvalue weighted by atomic mass is 16.6. The summed E-state index contributed by atoms with van der Waals surface area (Å²) in [7, 11) is 0. The van der Waals surface area contributed by atoms with Crippen molar-refractivity contribution in [3.63, 3.8) is 0 Å². The normalized spacial score (nSPS) is 20.9. The molecule has 1 fully saturated rings. The van der Waals surface area contributed by atoms with E-state index in [2.05, 4.69) is 16.7 Å². The van der Waals surface area contributed by atoms with Crippen LogP contribution in [0.5, 0.6) is 0 Å². The minimum atomic E-state index is -0.366. The van der Waals surface area contributed by atoms with E-state index in [0.717, 1.165) is 25.2 Å². The molecule has 0 aliphatic carbocycles. The second-order valence-corrected chi connectivity index (χ2v) is 5.78. The van der Waals surface area contributed by atoms with Crippen LogP contribution in [0.1, 0.15) is 18.9 Å². The first kappa shape index (κ1) is 15.6. The smallest absolute Gasteiger partial charge is 0.414 e. The van der Waals surface area contributed by atoms with Gasteiger partial charge in [0.2, 0.25) is 5.91 Å². The second-order valence-electron chi connectivity index (χ2n) is 5.78. The number of rotatable bonds is 4. The number of cyclic esters (lactones) is 1. The van der Waals surface area contributed by atoms with Crippen LogP contribution in [0.4, 0.5) is 10.5 Å². The quantitative estimate of drug-likeness (QED) is 0.884. The Labute approximate surface area is 135 Å². The summed E-state index contributed by atoms with van der Waals surface area (Å²) >= 11 is 0. The van der Waals surface area contributed by atoms with E-state index in [1.165, 1.54) is 18.1 Å². The summed E-state index contributed by atoms with van der Waals surface area (Å²) in [6, 6.07) is 7.97. The molecular formula is C17H21N3O3. The Balaban J connectivity index is 1.66. The van der Waals surface area contributed by atoms with Crippen molar-refractivity contribution in [2.45, 2.75) is 19.4 Å². The lowest BCUT2D eigenvalue weighted by Crippen LogP contribution is -2.33. The van der Waals surface area contributed by atoms with Crippen LogP contribution < -0.4 is 15.5 Å². The maximum atomic E-state index is 12.0. The number of nitrogens with zero attached hydrogens (tertiary/aromatic N) is 1. The van der Waals surface area contributed by atoms with Crippen molar-refractivity contribution in [3.05, 3.63) is 35.9 Å². The summed E-state index contributed by atoms with van der Waals surface area (Å²) in [6.07, 6.45) is 2.54. The Hall–Kier alpha value is -2.34. The number of hydrogen-bond acceptors (Lipinski definition) is 4. The molecule has 1 atom stereocenters. The van der Waals surface area contributed by atoms with Gasteiger partial charge in [-0.3, -0.25) is 9.69 Å². The van der Waals surface area contributed by atoms with Gasteiger partial charge in [-0.1, -0.05) is 18.2 Å². The highest BCUT2D eigenvalue weighted by Crippen LogP contribution is 2.25. The van der Waals surface area contributed by atoms with Crippen molar-refractivity contribution in [2.75, 3.05) is 31.1 Å². The molecule has 3 rings (SSSR count). The molecule has 0 spiro atoms. The van der Waals surface area contributed by atoms with Crippen molar-refractivity contribution in [3.8, 4) is 0 Å². The Morgan fingerprint density at radius 1 is 1.39 bits per heavy atom. The molecule has 0 radical (unpaired) electrons. The van der Waals surface area contributed by atoms with Gasteiger partial charge in [0.1, 0.15) is 6.10 Å². The molecule has 1 saturated heterocycles. The summed E-state index contributed by atoms with van der Waals surface area (Å²) in [4.78, 5) is 24.5. The molecule has 122 valence electrons. The zero-order valence-electron chi connectivity index (χ0n) is 13.2. The molecule has 0 bridgehead atoms. The van der Waals surface area contributed by atoms with Crippen molar-refractivity contribution in [1.82, 2.24) is 10.6 Å². The highest BCUT2D eigenvalue weighted by molar-refractivity contribution is 5.90. The van der Waals surface area contributed by atoms with Gasteiger partial charge in [0.25, 0.3) is 0 Å². The van der Waals surface area contributed by atoms with E-state index in [4.69, 9.17) is 4.74 Å². The third-order valence-corrected chi connectivity index (χ3v) is 4.07. The number of benzene rings is 1. The Morgan fingerprint density at radius 2 is 2.17 bits per heavy atom. The molecule has 1 aromatic carbocycles. The lowest BCUT2D eigenvalue weighted by Gasteiger charge is -2.16. The Kier molecular flexibility index (Phi) is 4.62. The molecule has 2 aliphatic rings. The van der Waals surface area contributed by atoms with Crippen molar-refractivity contribution >= 4 is 23.3 Å². The van der Waals surface area contributed by atoms with Crippen LogP contribution in [0.15, 0.2) is 30.3 Å². The molecule has 1 aromatic rings. The van der Waals surface area contributed by atoms with Gasteiger partial charge < -0.3 is 15.4 Å². The zero-order valence-corrected chi connectivity index (χ0v) is 13.2. The van der Waals surface area contributed by atoms with E-state index in [0.29, 0.717) is 13.1 Å². The lowest BCUT2D eigenvalue weighted by molar-refractivity contribution is -0.119. The molecule has 2 aliphatic heterocycles. The third-order valence-electron chi connectivity index (χ3n) is 4.07. The van der Waals surface area contributed by atoms with Crippen LogP contribution in [-0.2, 0) is 9.53 Å². The minimum Gasteiger partial charge on any atom is -0.442 e. The van der Waals surface area contributed by atoms with Crippen molar-refractivity contribution < 1.29 is 14.3 Å². The van der Waals surface area contributed by atoms with Gasteiger partial charge in [-0.15, -0.1) is 0 Å². The van der Waals surface area contributed by atoms with Crippen LogP contribution >= 0.6 is 0 Å². The topological polar surface area (TPSA) is 70.7 Å². The second kappa shape index (κ2) is 6.83. The van der Waals surface area contributed by atoms with Crippen molar-refractivity contribution in [1.29, 1.82) is 0 Å². The number of hydrogen-bond donors (Lipinski definition) is 2. The lowest BCUT2D eigenvalue weighted by atomic mass is 10.00. The van der Waals surface area contributed by atoms with Crippen LogP contribution in [0, 0.1) is 0 Å². The molecule has 23 heavy (non-hydrogen) atoms. The van der Waals surface area contributed by atoms with E-state index in [-0.39, 0.29) is 18.1 Å². The zero-order chi connectivity index (χ0) is 16.2. The monoisotopic (exact) mass is 315 g/mol. The van der Waals surface area contributed by atoms with E-state index >= 15 is 0 Å². The number of ether oxygens (including phenoxy) is 1. The maximum Gasteiger partial charge on any atom is 0.414 e. The average molecular weight is 315 g/mol. The molecule has 0 aromatic heterocycles. The highest BCUT2D eigenvalue weighted by Gasteiger charge is 2.32. The summed E-state index contributed by atoms with van der Waals surface area (Å²) < 4.78 is 5.28. The van der Waals surface area contributed by atoms with E-state index in [1.807, 2.05) is 24.3 Å². The third kappa shape index (κ3) is 3.71.